The Balaban J connectivity index is 1.63. The van der Waals surface area contributed by atoms with Crippen molar-refractivity contribution in [1.82, 2.24) is 15.1 Å². The first-order chi connectivity index (χ1) is 10.2. The number of aryl methyl sites for hydroxylation is 1. The molecule has 0 N–H and O–H groups in total. The molecule has 5 nitrogen and oxygen atoms in total. The second-order valence-electron chi connectivity index (χ2n) is 6.34. The van der Waals surface area contributed by atoms with Crippen molar-refractivity contribution < 1.29 is 4.74 Å². The minimum atomic E-state index is 0.735. The Labute approximate surface area is 127 Å². The van der Waals surface area contributed by atoms with Crippen LogP contribution in [0.2, 0.25) is 0 Å². The molecule has 0 aromatic carbocycles. The van der Waals surface area contributed by atoms with Gasteiger partial charge in [0.25, 0.3) is 0 Å². The zero-order chi connectivity index (χ0) is 14.7. The fourth-order valence-corrected chi connectivity index (χ4v) is 3.37. The van der Waals surface area contributed by atoms with Gasteiger partial charge in [-0.1, -0.05) is 0 Å². The van der Waals surface area contributed by atoms with E-state index in [9.17, 15) is 0 Å². The molecule has 2 aliphatic rings. The van der Waals surface area contributed by atoms with E-state index in [4.69, 9.17) is 4.74 Å². The van der Waals surface area contributed by atoms with Crippen LogP contribution in [0.4, 0.5) is 5.82 Å². The van der Waals surface area contributed by atoms with E-state index in [2.05, 4.69) is 33.8 Å². The molecule has 0 bridgehead atoms. The first-order valence-electron chi connectivity index (χ1n) is 8.08. The van der Waals surface area contributed by atoms with Gasteiger partial charge in [-0.15, -0.1) is 5.10 Å². The largest absolute Gasteiger partial charge is 0.379 e. The van der Waals surface area contributed by atoms with Crippen molar-refractivity contribution in [3.8, 4) is 0 Å². The van der Waals surface area contributed by atoms with E-state index >= 15 is 0 Å². The minimum absolute atomic E-state index is 0.735. The lowest BCUT2D eigenvalue weighted by molar-refractivity contribution is 0.0296. The van der Waals surface area contributed by atoms with E-state index in [0.717, 1.165) is 51.1 Å². The van der Waals surface area contributed by atoms with Crippen LogP contribution in [0.3, 0.4) is 0 Å². The molecular formula is C16H26N4O. The SMILES string of the molecule is Cc1cnnc(N2CCCC(CN3CCOCC3)C2)c1C. The molecule has 0 aliphatic carbocycles. The van der Waals surface area contributed by atoms with Gasteiger partial charge in [0.2, 0.25) is 0 Å². The molecule has 1 aromatic rings. The van der Waals surface area contributed by atoms with Gasteiger partial charge in [-0.05, 0) is 43.7 Å². The number of morpholine rings is 1. The number of hydrogen-bond donors (Lipinski definition) is 0. The number of hydrogen-bond acceptors (Lipinski definition) is 5. The summed E-state index contributed by atoms with van der Waals surface area (Å²) in [7, 11) is 0. The van der Waals surface area contributed by atoms with Gasteiger partial charge < -0.3 is 9.64 Å². The second kappa shape index (κ2) is 6.71. The van der Waals surface area contributed by atoms with E-state index < -0.39 is 0 Å². The Hall–Kier alpha value is -1.20. The van der Waals surface area contributed by atoms with E-state index in [0.29, 0.717) is 0 Å². The van der Waals surface area contributed by atoms with Gasteiger partial charge in [-0.2, -0.15) is 5.10 Å². The van der Waals surface area contributed by atoms with Crippen molar-refractivity contribution in [3.05, 3.63) is 17.3 Å². The number of nitrogens with zero attached hydrogens (tertiary/aromatic N) is 4. The zero-order valence-corrected chi connectivity index (χ0v) is 13.2. The van der Waals surface area contributed by atoms with Crippen LogP contribution in [0.5, 0.6) is 0 Å². The molecule has 1 atom stereocenters. The molecule has 0 spiro atoms. The molecule has 5 heteroatoms. The summed E-state index contributed by atoms with van der Waals surface area (Å²) in [5.74, 6) is 1.82. The highest BCUT2D eigenvalue weighted by Crippen LogP contribution is 2.25. The van der Waals surface area contributed by atoms with Crippen LogP contribution in [0.15, 0.2) is 6.20 Å². The maximum absolute atomic E-state index is 5.44. The van der Waals surface area contributed by atoms with Crippen LogP contribution < -0.4 is 4.90 Å². The van der Waals surface area contributed by atoms with Crippen molar-refractivity contribution in [2.24, 2.45) is 5.92 Å². The van der Waals surface area contributed by atoms with Crippen LogP contribution in [-0.4, -0.2) is 61.0 Å². The third-order valence-electron chi connectivity index (χ3n) is 4.77. The van der Waals surface area contributed by atoms with Crippen LogP contribution in [0.25, 0.3) is 0 Å². The van der Waals surface area contributed by atoms with Crippen molar-refractivity contribution in [3.63, 3.8) is 0 Å². The van der Waals surface area contributed by atoms with Gasteiger partial charge in [0.15, 0.2) is 5.82 Å². The Kier molecular flexibility index (Phi) is 4.70. The molecule has 3 rings (SSSR count). The molecule has 21 heavy (non-hydrogen) atoms. The highest BCUT2D eigenvalue weighted by Gasteiger charge is 2.25. The lowest BCUT2D eigenvalue weighted by atomic mass is 9.96. The van der Waals surface area contributed by atoms with Crippen molar-refractivity contribution in [2.75, 3.05) is 50.8 Å². The second-order valence-corrected chi connectivity index (χ2v) is 6.34. The predicted octanol–water partition coefficient (Wildman–Crippen LogP) is 1.64. The summed E-state index contributed by atoms with van der Waals surface area (Å²) in [6.45, 7) is 11.6. The number of rotatable bonds is 3. The Morgan fingerprint density at radius 1 is 1.24 bits per heavy atom. The molecular weight excluding hydrogens is 264 g/mol. The van der Waals surface area contributed by atoms with E-state index in [1.165, 1.54) is 30.5 Å². The molecule has 0 amide bonds. The van der Waals surface area contributed by atoms with E-state index in [1.807, 2.05) is 6.20 Å². The van der Waals surface area contributed by atoms with E-state index in [1.54, 1.807) is 0 Å². The molecule has 0 radical (unpaired) electrons. The maximum Gasteiger partial charge on any atom is 0.154 e. The maximum atomic E-state index is 5.44. The fourth-order valence-electron chi connectivity index (χ4n) is 3.37. The molecule has 2 saturated heterocycles. The first kappa shape index (κ1) is 14.7. The number of ether oxygens (including phenoxy) is 1. The van der Waals surface area contributed by atoms with Crippen LogP contribution in [0, 0.1) is 19.8 Å². The molecule has 2 aliphatic heterocycles. The molecule has 1 aromatic heterocycles. The van der Waals surface area contributed by atoms with Gasteiger partial charge in [0, 0.05) is 32.7 Å². The van der Waals surface area contributed by atoms with Gasteiger partial charge in [-0.3, -0.25) is 4.90 Å². The Morgan fingerprint density at radius 2 is 2.05 bits per heavy atom. The quantitative estimate of drug-likeness (QED) is 0.846. The van der Waals surface area contributed by atoms with Gasteiger partial charge in [-0.25, -0.2) is 0 Å². The molecule has 116 valence electrons. The van der Waals surface area contributed by atoms with Crippen molar-refractivity contribution in [2.45, 2.75) is 26.7 Å². The van der Waals surface area contributed by atoms with Crippen molar-refractivity contribution >= 4 is 5.82 Å². The summed E-state index contributed by atoms with van der Waals surface area (Å²) in [6.07, 6.45) is 4.43. The lowest BCUT2D eigenvalue weighted by Crippen LogP contribution is -2.45. The van der Waals surface area contributed by atoms with Crippen LogP contribution in [0.1, 0.15) is 24.0 Å². The standard InChI is InChI=1S/C16H26N4O/c1-13-10-17-18-16(14(13)2)20-5-3-4-15(12-20)11-19-6-8-21-9-7-19/h10,15H,3-9,11-12H2,1-2H3. The van der Waals surface area contributed by atoms with Gasteiger partial charge in [0.1, 0.15) is 0 Å². The number of anilines is 1. The topological polar surface area (TPSA) is 41.5 Å². The third kappa shape index (κ3) is 3.52. The summed E-state index contributed by atoms with van der Waals surface area (Å²) in [5.41, 5.74) is 2.51. The monoisotopic (exact) mass is 290 g/mol. The zero-order valence-electron chi connectivity index (χ0n) is 13.2. The third-order valence-corrected chi connectivity index (χ3v) is 4.77. The van der Waals surface area contributed by atoms with Crippen molar-refractivity contribution in [1.29, 1.82) is 0 Å². The van der Waals surface area contributed by atoms with Gasteiger partial charge >= 0.3 is 0 Å². The summed E-state index contributed by atoms with van der Waals surface area (Å²) in [4.78, 5) is 4.98. The van der Waals surface area contributed by atoms with Crippen LogP contribution in [-0.2, 0) is 4.74 Å². The summed E-state index contributed by atoms with van der Waals surface area (Å²) in [5, 5.41) is 8.53. The van der Waals surface area contributed by atoms with Crippen LogP contribution >= 0.6 is 0 Å². The van der Waals surface area contributed by atoms with E-state index in [-0.39, 0.29) is 0 Å². The normalized spacial score (nSPS) is 24.3. The average Bonchev–Trinajstić information content (AvgIpc) is 2.51. The molecule has 1 unspecified atom stereocenters. The lowest BCUT2D eigenvalue weighted by Gasteiger charge is -2.37. The summed E-state index contributed by atoms with van der Waals surface area (Å²) >= 11 is 0. The number of aromatic nitrogens is 2. The van der Waals surface area contributed by atoms with Gasteiger partial charge in [0.05, 0.1) is 19.4 Å². The summed E-state index contributed by atoms with van der Waals surface area (Å²) < 4.78 is 5.44. The highest BCUT2D eigenvalue weighted by molar-refractivity contribution is 5.48. The molecule has 0 saturated carbocycles. The fraction of sp³-hybridized carbons (Fsp3) is 0.750. The minimum Gasteiger partial charge on any atom is -0.379 e. The smallest absolute Gasteiger partial charge is 0.154 e. The molecule has 2 fully saturated rings. The average molecular weight is 290 g/mol. The Bertz CT molecular complexity index is 473. The Morgan fingerprint density at radius 3 is 2.86 bits per heavy atom. The molecule has 3 heterocycles. The first-order valence-corrected chi connectivity index (χ1v) is 8.08. The highest BCUT2D eigenvalue weighted by atomic mass is 16.5. The predicted molar refractivity (Wildman–Crippen MR) is 83.7 cm³/mol. The number of piperidine rings is 1. The summed E-state index contributed by atoms with van der Waals surface area (Å²) in [6, 6.07) is 0.